The molecule has 2 aromatic rings. The summed E-state index contributed by atoms with van der Waals surface area (Å²) < 4.78 is 0. The van der Waals surface area contributed by atoms with E-state index in [2.05, 4.69) is 29.0 Å². The number of para-hydroxylation sites is 1. The van der Waals surface area contributed by atoms with Gasteiger partial charge >= 0.3 is 0 Å². The van der Waals surface area contributed by atoms with Crippen molar-refractivity contribution in [2.45, 2.75) is 25.7 Å². The number of rotatable bonds is 7. The molecule has 1 aromatic heterocycles. The van der Waals surface area contributed by atoms with Crippen LogP contribution < -0.4 is 5.32 Å². The molecular formula is C16H20N2O. The highest BCUT2D eigenvalue weighted by Crippen LogP contribution is 2.19. The zero-order chi connectivity index (χ0) is 13.5. The average molecular weight is 256 g/mol. The van der Waals surface area contributed by atoms with E-state index in [0.717, 1.165) is 24.8 Å². The van der Waals surface area contributed by atoms with Crippen LogP contribution in [0.4, 0.5) is 0 Å². The molecule has 100 valence electrons. The van der Waals surface area contributed by atoms with Crippen molar-refractivity contribution in [3.63, 3.8) is 0 Å². The minimum absolute atomic E-state index is 0.127. The number of aromatic nitrogens is 1. The van der Waals surface area contributed by atoms with E-state index in [9.17, 15) is 4.79 Å². The SMILES string of the molecule is C=CCCNC(=O)CCCc1c[nH]c2ccccc12. The Kier molecular flexibility index (Phi) is 4.78. The molecule has 2 rings (SSSR count). The van der Waals surface area contributed by atoms with Gasteiger partial charge in [-0.3, -0.25) is 4.79 Å². The van der Waals surface area contributed by atoms with Crippen molar-refractivity contribution < 1.29 is 4.79 Å². The number of hydrogen-bond acceptors (Lipinski definition) is 1. The molecule has 2 N–H and O–H groups in total. The van der Waals surface area contributed by atoms with Crippen LogP contribution in [0.3, 0.4) is 0 Å². The maximum absolute atomic E-state index is 11.6. The summed E-state index contributed by atoms with van der Waals surface area (Å²) in [5, 5.41) is 4.14. The van der Waals surface area contributed by atoms with Crippen molar-refractivity contribution in [2.24, 2.45) is 0 Å². The topological polar surface area (TPSA) is 44.9 Å². The van der Waals surface area contributed by atoms with Gasteiger partial charge in [0.05, 0.1) is 0 Å². The minimum atomic E-state index is 0.127. The third kappa shape index (κ3) is 3.71. The first kappa shape index (κ1) is 13.4. The molecular weight excluding hydrogens is 236 g/mol. The number of benzene rings is 1. The van der Waals surface area contributed by atoms with Gasteiger partial charge in [0, 0.05) is 30.1 Å². The highest BCUT2D eigenvalue weighted by atomic mass is 16.1. The molecule has 1 aromatic carbocycles. The number of fused-ring (bicyclic) bond motifs is 1. The average Bonchev–Trinajstić information content (AvgIpc) is 2.83. The Hall–Kier alpha value is -2.03. The van der Waals surface area contributed by atoms with E-state index in [1.54, 1.807) is 0 Å². The lowest BCUT2D eigenvalue weighted by Gasteiger charge is -2.03. The molecule has 3 heteroatoms. The molecule has 0 aliphatic carbocycles. The number of H-pyrrole nitrogens is 1. The molecule has 0 spiro atoms. The lowest BCUT2D eigenvalue weighted by molar-refractivity contribution is -0.121. The fraction of sp³-hybridized carbons (Fsp3) is 0.312. The van der Waals surface area contributed by atoms with Gasteiger partial charge in [0.2, 0.25) is 5.91 Å². The highest BCUT2D eigenvalue weighted by molar-refractivity contribution is 5.83. The highest BCUT2D eigenvalue weighted by Gasteiger charge is 2.04. The minimum Gasteiger partial charge on any atom is -0.361 e. The largest absolute Gasteiger partial charge is 0.361 e. The zero-order valence-electron chi connectivity index (χ0n) is 11.1. The standard InChI is InChI=1S/C16H20N2O/c1-2-3-11-17-16(19)10-6-7-13-12-18-15-9-5-4-8-14(13)15/h2,4-5,8-9,12,18H,1,3,6-7,10-11H2,(H,17,19). The van der Waals surface area contributed by atoms with Crippen LogP contribution in [0.5, 0.6) is 0 Å². The van der Waals surface area contributed by atoms with E-state index in [-0.39, 0.29) is 5.91 Å². The summed E-state index contributed by atoms with van der Waals surface area (Å²) in [6.07, 6.45) is 7.07. The van der Waals surface area contributed by atoms with Crippen LogP contribution in [0.1, 0.15) is 24.8 Å². The normalized spacial score (nSPS) is 10.5. The number of aromatic amines is 1. The predicted octanol–water partition coefficient (Wildman–Crippen LogP) is 3.18. The Morgan fingerprint density at radius 2 is 2.21 bits per heavy atom. The maximum Gasteiger partial charge on any atom is 0.220 e. The van der Waals surface area contributed by atoms with Crippen LogP contribution in [0.15, 0.2) is 43.1 Å². The summed E-state index contributed by atoms with van der Waals surface area (Å²) in [7, 11) is 0. The molecule has 1 heterocycles. The number of nitrogens with one attached hydrogen (secondary N) is 2. The van der Waals surface area contributed by atoms with E-state index < -0.39 is 0 Å². The van der Waals surface area contributed by atoms with E-state index in [0.29, 0.717) is 13.0 Å². The molecule has 1 amide bonds. The Bertz CT molecular complexity index is 557. The lowest BCUT2D eigenvalue weighted by atomic mass is 10.1. The van der Waals surface area contributed by atoms with Crippen molar-refractivity contribution in [3.8, 4) is 0 Å². The fourth-order valence-electron chi connectivity index (χ4n) is 2.18. The Morgan fingerprint density at radius 3 is 3.05 bits per heavy atom. The predicted molar refractivity (Wildman–Crippen MR) is 79.1 cm³/mol. The van der Waals surface area contributed by atoms with Gasteiger partial charge in [0.25, 0.3) is 0 Å². The van der Waals surface area contributed by atoms with Crippen molar-refractivity contribution in [1.29, 1.82) is 0 Å². The van der Waals surface area contributed by atoms with E-state index in [4.69, 9.17) is 0 Å². The second kappa shape index (κ2) is 6.78. The van der Waals surface area contributed by atoms with Gasteiger partial charge in [0.1, 0.15) is 0 Å². The van der Waals surface area contributed by atoms with E-state index >= 15 is 0 Å². The molecule has 0 radical (unpaired) electrons. The van der Waals surface area contributed by atoms with E-state index in [1.807, 2.05) is 24.4 Å². The quantitative estimate of drug-likeness (QED) is 0.580. The smallest absolute Gasteiger partial charge is 0.220 e. The van der Waals surface area contributed by atoms with Gasteiger partial charge in [-0.25, -0.2) is 0 Å². The molecule has 3 nitrogen and oxygen atoms in total. The van der Waals surface area contributed by atoms with Crippen LogP contribution in [-0.4, -0.2) is 17.4 Å². The zero-order valence-corrected chi connectivity index (χ0v) is 11.1. The maximum atomic E-state index is 11.6. The lowest BCUT2D eigenvalue weighted by Crippen LogP contribution is -2.23. The summed E-state index contributed by atoms with van der Waals surface area (Å²) in [4.78, 5) is 14.8. The molecule has 0 fully saturated rings. The number of aryl methyl sites for hydroxylation is 1. The van der Waals surface area contributed by atoms with E-state index in [1.165, 1.54) is 10.9 Å². The Labute approximate surface area is 113 Å². The monoisotopic (exact) mass is 256 g/mol. The summed E-state index contributed by atoms with van der Waals surface area (Å²) in [5.41, 5.74) is 2.45. The number of carbonyl (C=O) groups is 1. The van der Waals surface area contributed by atoms with Gasteiger partial charge in [-0.2, -0.15) is 0 Å². The van der Waals surface area contributed by atoms with Crippen LogP contribution in [0.2, 0.25) is 0 Å². The first-order valence-corrected chi connectivity index (χ1v) is 6.74. The van der Waals surface area contributed by atoms with Crippen LogP contribution in [0, 0.1) is 0 Å². The number of hydrogen-bond donors (Lipinski definition) is 2. The summed E-state index contributed by atoms with van der Waals surface area (Å²) >= 11 is 0. The van der Waals surface area contributed by atoms with Gasteiger partial charge in [-0.15, -0.1) is 6.58 Å². The van der Waals surface area contributed by atoms with Crippen LogP contribution >= 0.6 is 0 Å². The third-order valence-corrected chi connectivity index (χ3v) is 3.20. The second-order valence-electron chi connectivity index (χ2n) is 4.64. The summed E-state index contributed by atoms with van der Waals surface area (Å²) in [6.45, 7) is 4.32. The number of amides is 1. The first-order chi connectivity index (χ1) is 9.31. The second-order valence-corrected chi connectivity index (χ2v) is 4.64. The fourth-order valence-corrected chi connectivity index (χ4v) is 2.18. The van der Waals surface area contributed by atoms with Crippen molar-refractivity contribution in [2.75, 3.05) is 6.54 Å². The Morgan fingerprint density at radius 1 is 1.37 bits per heavy atom. The molecule has 0 aliphatic heterocycles. The van der Waals surface area contributed by atoms with Crippen molar-refractivity contribution >= 4 is 16.8 Å². The molecule has 0 unspecified atom stereocenters. The van der Waals surface area contributed by atoms with Gasteiger partial charge in [-0.1, -0.05) is 24.3 Å². The summed E-state index contributed by atoms with van der Waals surface area (Å²) in [6, 6.07) is 8.25. The first-order valence-electron chi connectivity index (χ1n) is 6.74. The van der Waals surface area contributed by atoms with Crippen molar-refractivity contribution in [3.05, 3.63) is 48.7 Å². The number of carbonyl (C=O) groups excluding carboxylic acids is 1. The molecule has 19 heavy (non-hydrogen) atoms. The van der Waals surface area contributed by atoms with Crippen molar-refractivity contribution in [1.82, 2.24) is 10.3 Å². The molecule has 0 saturated heterocycles. The van der Waals surface area contributed by atoms with Gasteiger partial charge in [0.15, 0.2) is 0 Å². The summed E-state index contributed by atoms with van der Waals surface area (Å²) in [5.74, 6) is 0.127. The Balaban J connectivity index is 1.79. The third-order valence-electron chi connectivity index (χ3n) is 3.20. The van der Waals surface area contributed by atoms with Gasteiger partial charge in [-0.05, 0) is 30.9 Å². The van der Waals surface area contributed by atoms with Gasteiger partial charge < -0.3 is 10.3 Å². The van der Waals surface area contributed by atoms with Crippen LogP contribution in [-0.2, 0) is 11.2 Å². The molecule has 0 saturated carbocycles. The molecule has 0 aliphatic rings. The molecule has 0 bridgehead atoms. The van der Waals surface area contributed by atoms with Crippen LogP contribution in [0.25, 0.3) is 10.9 Å². The molecule has 0 atom stereocenters.